The number of ketones is 3. The van der Waals surface area contributed by atoms with Crippen molar-refractivity contribution < 1.29 is 86.7 Å². The highest BCUT2D eigenvalue weighted by atomic mass is 19.1. The van der Waals surface area contributed by atoms with E-state index in [-0.39, 0.29) is 96.2 Å². The first-order valence-corrected chi connectivity index (χ1v) is 37.1. The maximum absolute atomic E-state index is 14.9. The van der Waals surface area contributed by atoms with Crippen molar-refractivity contribution >= 4 is 93.9 Å². The number of fused-ring (bicyclic) bond motifs is 3. The molecule has 0 radical (unpaired) electrons. The Kier molecular flexibility index (Phi) is 22.7. The monoisotopic (exact) mass is 1560 g/mol. The molecule has 596 valence electrons. The lowest BCUT2D eigenvalue weighted by Gasteiger charge is -2.30. The van der Waals surface area contributed by atoms with Gasteiger partial charge in [-0.1, -0.05) is 38.1 Å². The molecule has 0 aliphatic carbocycles. The number of imide groups is 3. The lowest BCUT2D eigenvalue weighted by molar-refractivity contribution is -0.140. The number of amides is 11. The van der Waals surface area contributed by atoms with Crippen LogP contribution in [0, 0.1) is 11.2 Å². The first kappa shape index (κ1) is 79.1. The molecule has 8 aliphatic rings. The van der Waals surface area contributed by atoms with Crippen LogP contribution in [0.2, 0.25) is 0 Å². The van der Waals surface area contributed by atoms with E-state index >= 15 is 0 Å². The van der Waals surface area contributed by atoms with Gasteiger partial charge >= 0.3 is 12.1 Å². The van der Waals surface area contributed by atoms with Crippen LogP contribution in [0.15, 0.2) is 97.3 Å². The average Bonchev–Trinajstić information content (AvgIpc) is 1.60. The quantitative estimate of drug-likeness (QED) is 0.0235. The third kappa shape index (κ3) is 16.1. The molecular formula is C78H85FN18O17. The summed E-state index contributed by atoms with van der Waals surface area (Å²) in [5, 5.41) is 55.4. The Labute approximate surface area is 651 Å². The molecule has 3 atom stereocenters. The minimum Gasteiger partial charge on any atom is -0.506 e. The summed E-state index contributed by atoms with van der Waals surface area (Å²) in [6, 6.07) is 21.3. The highest BCUT2D eigenvalue weighted by Crippen LogP contribution is 2.39. The van der Waals surface area contributed by atoms with Gasteiger partial charge in [0.05, 0.1) is 87.5 Å². The molecule has 12 heterocycles. The van der Waals surface area contributed by atoms with Crippen LogP contribution < -0.4 is 51.6 Å². The molecule has 4 aromatic heterocycles. The number of methoxy groups -OCH3 is 2. The molecule has 7 aromatic rings. The summed E-state index contributed by atoms with van der Waals surface area (Å²) in [4.78, 5) is 180. The number of benzene rings is 3. The second-order valence-electron chi connectivity index (χ2n) is 29.1. The van der Waals surface area contributed by atoms with Gasteiger partial charge in [0.1, 0.15) is 45.9 Å². The Hall–Kier alpha value is -13.0. The van der Waals surface area contributed by atoms with Crippen molar-refractivity contribution in [3.05, 3.63) is 159 Å². The number of anilines is 4. The van der Waals surface area contributed by atoms with Crippen LogP contribution in [0.4, 0.5) is 37.1 Å². The van der Waals surface area contributed by atoms with Crippen molar-refractivity contribution in [1.82, 2.24) is 76.2 Å². The van der Waals surface area contributed by atoms with Crippen molar-refractivity contribution in [1.29, 1.82) is 0 Å². The van der Waals surface area contributed by atoms with Crippen LogP contribution in [-0.2, 0) is 78.9 Å². The second kappa shape index (κ2) is 32.8. The van der Waals surface area contributed by atoms with Crippen LogP contribution in [0.25, 0.3) is 0 Å². The summed E-state index contributed by atoms with van der Waals surface area (Å²) in [5.74, 6) is -6.28. The Morgan fingerprint density at radius 1 is 0.596 bits per heavy atom. The number of likely N-dealkylation sites (tertiary alicyclic amines) is 1. The van der Waals surface area contributed by atoms with Crippen LogP contribution in [0.5, 0.6) is 28.7 Å². The van der Waals surface area contributed by atoms with Gasteiger partial charge in [0, 0.05) is 69.2 Å². The number of carbonyl (C=O) groups excluding carboxylic acids is 12. The molecule has 0 saturated carbocycles. The Balaban J connectivity index is 0.000000149. The third-order valence-corrected chi connectivity index (χ3v) is 21.8. The number of aryl methyl sites for hydroxylation is 1. The Morgan fingerprint density at radius 3 is 1.75 bits per heavy atom. The van der Waals surface area contributed by atoms with Crippen LogP contribution in [0.1, 0.15) is 110 Å². The summed E-state index contributed by atoms with van der Waals surface area (Å²) < 4.78 is 25.0. The van der Waals surface area contributed by atoms with E-state index in [1.165, 1.54) is 66.6 Å². The van der Waals surface area contributed by atoms with Crippen molar-refractivity contribution in [3.63, 3.8) is 0 Å². The fourth-order valence-corrected chi connectivity index (χ4v) is 15.3. The molecule has 11 amide bonds. The van der Waals surface area contributed by atoms with Crippen molar-refractivity contribution in [2.24, 2.45) is 5.41 Å². The number of nitrogens with zero attached hydrogens (tertiary/aromatic N) is 10. The number of piperidine rings is 1. The number of hydrogen-bond acceptors (Lipinski definition) is 26. The number of nitrogens with one attached hydrogen (secondary N) is 8. The van der Waals surface area contributed by atoms with E-state index in [1.807, 2.05) is 25.1 Å². The zero-order valence-electron chi connectivity index (χ0n) is 63.1. The van der Waals surface area contributed by atoms with E-state index in [1.54, 1.807) is 36.5 Å². The molecule has 36 heteroatoms. The number of halogens is 1. The molecule has 35 nitrogen and oxygen atoms in total. The van der Waals surface area contributed by atoms with Crippen molar-refractivity contribution in [2.45, 2.75) is 102 Å². The van der Waals surface area contributed by atoms with E-state index in [9.17, 15) is 77.2 Å². The number of urea groups is 2. The number of aromatic amines is 1. The SMILES string of the molecule is CCN1CCCN(c2ccc(O)c(CC(=O)[C@]3(CN4Cc5ccc(OC)c(F)c5C4=O)NC(=O)NC3=O)n2)CC1.CCc1ccc2c(c1)C(=O)N(C[C@@]1(C(=O)Cc3nc(NC4CCN(C)CC4)ccc3O)NC(=O)NC1=O)C2.COc1ccc2c(c1)C(=O)N(C[C@@]1(C(=O)Cc3nc(Nc4cn[nH]c4)ccc3O)CC(=O)NC1=O)C2. The van der Waals surface area contributed by atoms with E-state index in [4.69, 9.17) is 9.47 Å². The standard InChI is InChI=1S/C27H31FN6O6.C27H32N6O5.C24H22N6O6/c1-3-32-9-4-10-33(12-11-32)21-8-6-18(35)17(29-21)13-20(36)27(25(38)30-26(39)31-27)15-34-14-16-5-7-19(40-2)23(28)22(16)24(34)37;1-3-16-4-5-17-14-33(24(36)19(17)12-16)15-27(25(37)30-26(38)31-27)22(35)13-20-21(34)6-7-23(29-20)28-18-8-10-32(2)11-9-18;1-36-15-3-2-13-11-30(22(34)16(13)6-15)12-24(8-21(33)29-23(24)35)19(32)7-17-18(31)4-5-20(28-17)27-14-9-25-26-10-14/h5-8,35H,3-4,9-15H2,1-2H3,(H2,30,31,38,39);4-7,12,18,34H,3,8-11,13-15H2,1-2H3,(H,28,29)(H2,30,31,37,38);2-6,9-10,31H,7-8,11-12H2,1H3,(H,25,26)(H,27,28)(H,29,33,35)/t2*27-;24-/m001/s1. The smallest absolute Gasteiger partial charge is 0.322 e. The highest BCUT2D eigenvalue weighted by Gasteiger charge is 2.58. The summed E-state index contributed by atoms with van der Waals surface area (Å²) in [7, 11) is 4.84. The average molecular weight is 1570 g/mol. The summed E-state index contributed by atoms with van der Waals surface area (Å²) in [6.45, 7) is 9.42. The number of likely N-dealkylation sites (N-methyl/N-ethyl adjacent to an activating group) is 1. The molecule has 0 spiro atoms. The lowest BCUT2D eigenvalue weighted by Crippen LogP contribution is -2.61. The number of carbonyl (C=O) groups is 12. The van der Waals surface area contributed by atoms with Crippen molar-refractivity contribution in [2.75, 3.05) is 102 Å². The number of H-pyrrole nitrogens is 1. The number of rotatable bonds is 24. The van der Waals surface area contributed by atoms with Gasteiger partial charge in [-0.3, -0.25) is 69.0 Å². The van der Waals surface area contributed by atoms with Gasteiger partial charge in [0.25, 0.3) is 29.5 Å². The largest absolute Gasteiger partial charge is 0.506 e. The number of aromatic hydroxyl groups is 3. The third-order valence-electron chi connectivity index (χ3n) is 21.8. The van der Waals surface area contributed by atoms with Crippen LogP contribution in [-0.4, -0.2) is 240 Å². The van der Waals surface area contributed by atoms with Gasteiger partial charge < -0.3 is 75.5 Å². The first-order chi connectivity index (χ1) is 54.6. The predicted molar refractivity (Wildman–Crippen MR) is 404 cm³/mol. The molecule has 3 aromatic carbocycles. The number of Topliss-reactive ketones (excluding diaryl/α,β-unsaturated/α-hetero) is 3. The first-order valence-electron chi connectivity index (χ1n) is 37.1. The summed E-state index contributed by atoms with van der Waals surface area (Å²) in [5.41, 5.74) is -1.54. The predicted octanol–water partition coefficient (Wildman–Crippen LogP) is 3.08. The summed E-state index contributed by atoms with van der Waals surface area (Å²) in [6.07, 6.45) is 4.99. The molecule has 11 N–H and O–H groups in total. The van der Waals surface area contributed by atoms with Gasteiger partial charge in [-0.2, -0.15) is 5.10 Å². The normalized spacial score (nSPS) is 20.7. The fourth-order valence-electron chi connectivity index (χ4n) is 15.3. The van der Waals surface area contributed by atoms with Gasteiger partial charge in [-0.05, 0) is 142 Å². The highest BCUT2D eigenvalue weighted by molar-refractivity contribution is 6.23. The van der Waals surface area contributed by atoms with E-state index < -0.39 is 113 Å². The van der Waals surface area contributed by atoms with E-state index in [0.717, 1.165) is 93.1 Å². The number of hydrogen-bond donors (Lipinski definition) is 11. The van der Waals surface area contributed by atoms with E-state index in [0.29, 0.717) is 45.6 Å². The topological polar surface area (TPSA) is 455 Å². The Bertz CT molecular complexity index is 5060. The molecule has 8 aliphatic heterocycles. The number of aromatic nitrogens is 5. The van der Waals surface area contributed by atoms with E-state index in [2.05, 4.69) is 91.0 Å². The molecule has 5 saturated heterocycles. The molecule has 15 rings (SSSR count). The molecule has 0 unspecified atom stereocenters. The van der Waals surface area contributed by atoms with Gasteiger partial charge in [0.15, 0.2) is 40.0 Å². The zero-order chi connectivity index (χ0) is 81.1. The van der Waals surface area contributed by atoms with Crippen LogP contribution >= 0.6 is 0 Å². The molecule has 5 fully saturated rings. The summed E-state index contributed by atoms with van der Waals surface area (Å²) >= 11 is 0. The second-order valence-corrected chi connectivity index (χ2v) is 29.1. The number of ether oxygens (including phenoxy) is 2. The maximum Gasteiger partial charge on any atom is 0.322 e. The molecular weight excluding hydrogens is 1480 g/mol. The minimum absolute atomic E-state index is 0.0285. The maximum atomic E-state index is 14.9. The van der Waals surface area contributed by atoms with Crippen molar-refractivity contribution in [3.8, 4) is 28.7 Å². The molecule has 0 bridgehead atoms. The van der Waals surface area contributed by atoms with Gasteiger partial charge in [0.2, 0.25) is 11.8 Å². The number of pyridine rings is 3. The minimum atomic E-state index is -2.15. The van der Waals surface area contributed by atoms with Gasteiger partial charge in [-0.25, -0.2) is 28.9 Å². The zero-order valence-corrected chi connectivity index (χ0v) is 63.1. The van der Waals surface area contributed by atoms with Gasteiger partial charge in [-0.15, -0.1) is 0 Å². The fraction of sp³-hybridized carbons (Fsp3) is 0.385. The lowest BCUT2D eigenvalue weighted by atomic mass is 9.79. The Morgan fingerprint density at radius 2 is 1.17 bits per heavy atom. The van der Waals surface area contributed by atoms with Crippen LogP contribution in [0.3, 0.4) is 0 Å². The molecule has 114 heavy (non-hydrogen) atoms.